The number of hydrogen-bond donors (Lipinski definition) is 3. The quantitative estimate of drug-likeness (QED) is 0.691. The van der Waals surface area contributed by atoms with Gasteiger partial charge in [0.2, 0.25) is 0 Å². The van der Waals surface area contributed by atoms with Crippen LogP contribution in [0.3, 0.4) is 0 Å². The predicted molar refractivity (Wildman–Crippen MR) is 106 cm³/mol. The van der Waals surface area contributed by atoms with Crippen LogP contribution in [0.4, 0.5) is 0 Å². The summed E-state index contributed by atoms with van der Waals surface area (Å²) in [4.78, 5) is 29.6. The van der Waals surface area contributed by atoms with Gasteiger partial charge in [0.15, 0.2) is 0 Å². The van der Waals surface area contributed by atoms with E-state index in [0.717, 1.165) is 18.4 Å². The van der Waals surface area contributed by atoms with Gasteiger partial charge in [0, 0.05) is 25.8 Å². The molecule has 0 radical (unpaired) electrons. The zero-order valence-electron chi connectivity index (χ0n) is 16.5. The standard InChI is InChI=1S/C22H25N3O4/c1-23-22(28)18-9-13(21(27)25-19-15-10-14(26)11-16(15)19)8-17(24-18)20(29-2)12-6-4-3-5-7-12/h3-9,14-16,19-20,26H,10-11H2,1-2H3,(H,23,28)(H,25,27)/t14-,15+,16-,19-,20?. The topological polar surface area (TPSA) is 101 Å². The maximum absolute atomic E-state index is 12.9. The maximum Gasteiger partial charge on any atom is 0.269 e. The van der Waals surface area contributed by atoms with Crippen molar-refractivity contribution in [3.05, 3.63) is 65.0 Å². The molecule has 152 valence electrons. The van der Waals surface area contributed by atoms with E-state index in [-0.39, 0.29) is 29.7 Å². The van der Waals surface area contributed by atoms with Crippen LogP contribution in [0.25, 0.3) is 0 Å². The summed E-state index contributed by atoms with van der Waals surface area (Å²) in [5.74, 6) is 0.0975. The molecule has 3 N–H and O–H groups in total. The van der Waals surface area contributed by atoms with E-state index in [0.29, 0.717) is 23.1 Å². The summed E-state index contributed by atoms with van der Waals surface area (Å²) in [5.41, 5.74) is 1.92. The molecule has 2 fully saturated rings. The van der Waals surface area contributed by atoms with Gasteiger partial charge in [0.05, 0.1) is 11.8 Å². The zero-order chi connectivity index (χ0) is 20.5. The lowest BCUT2D eigenvalue weighted by atomic mass is 10.0. The van der Waals surface area contributed by atoms with Gasteiger partial charge in [-0.1, -0.05) is 30.3 Å². The Kier molecular flexibility index (Phi) is 5.34. The number of benzene rings is 1. The van der Waals surface area contributed by atoms with Crippen molar-refractivity contribution in [2.75, 3.05) is 14.2 Å². The number of carbonyl (C=O) groups is 2. The summed E-state index contributed by atoms with van der Waals surface area (Å²) in [7, 11) is 3.10. The predicted octanol–water partition coefficient (Wildman–Crippen LogP) is 1.68. The Morgan fingerprint density at radius 2 is 1.83 bits per heavy atom. The number of carbonyl (C=O) groups excluding carboxylic acids is 2. The minimum atomic E-state index is -0.497. The largest absolute Gasteiger partial charge is 0.393 e. The number of nitrogens with one attached hydrogen (secondary N) is 2. The highest BCUT2D eigenvalue weighted by Gasteiger charge is 2.56. The first kappa shape index (κ1) is 19.5. The molecule has 2 aliphatic carbocycles. The molecule has 1 aromatic carbocycles. The second kappa shape index (κ2) is 7.93. The molecule has 7 heteroatoms. The number of aromatic nitrogens is 1. The number of nitrogens with zero attached hydrogens (tertiary/aromatic N) is 1. The number of rotatable bonds is 6. The second-order valence-electron chi connectivity index (χ2n) is 7.72. The van der Waals surface area contributed by atoms with E-state index in [1.54, 1.807) is 13.2 Å². The first-order valence-electron chi connectivity index (χ1n) is 9.82. The third kappa shape index (κ3) is 3.88. The van der Waals surface area contributed by atoms with Crippen molar-refractivity contribution in [2.24, 2.45) is 11.8 Å². The minimum Gasteiger partial charge on any atom is -0.393 e. The summed E-state index contributed by atoms with van der Waals surface area (Å²) in [6, 6.07) is 12.8. The molecular formula is C22H25N3O4. The van der Waals surface area contributed by atoms with Gasteiger partial charge in [-0.05, 0) is 42.4 Å². The molecule has 0 bridgehead atoms. The van der Waals surface area contributed by atoms with Crippen LogP contribution in [0.5, 0.6) is 0 Å². The van der Waals surface area contributed by atoms with Crippen LogP contribution in [-0.2, 0) is 4.74 Å². The zero-order valence-corrected chi connectivity index (χ0v) is 16.5. The Hall–Kier alpha value is -2.77. The van der Waals surface area contributed by atoms with Crippen molar-refractivity contribution in [1.82, 2.24) is 15.6 Å². The molecule has 0 saturated heterocycles. The number of pyridine rings is 1. The van der Waals surface area contributed by atoms with Gasteiger partial charge < -0.3 is 20.5 Å². The van der Waals surface area contributed by atoms with E-state index < -0.39 is 6.10 Å². The van der Waals surface area contributed by atoms with Crippen molar-refractivity contribution < 1.29 is 19.4 Å². The average molecular weight is 395 g/mol. The summed E-state index contributed by atoms with van der Waals surface area (Å²) < 4.78 is 5.64. The molecule has 5 atom stereocenters. The number of fused-ring (bicyclic) bond motifs is 1. The fourth-order valence-electron chi connectivity index (χ4n) is 4.38. The molecule has 2 saturated carbocycles. The Labute approximate surface area is 169 Å². The van der Waals surface area contributed by atoms with E-state index in [2.05, 4.69) is 15.6 Å². The lowest BCUT2D eigenvalue weighted by Crippen LogP contribution is -2.31. The van der Waals surface area contributed by atoms with Gasteiger partial charge in [-0.25, -0.2) is 4.98 Å². The van der Waals surface area contributed by atoms with Crippen molar-refractivity contribution in [3.63, 3.8) is 0 Å². The van der Waals surface area contributed by atoms with Crippen LogP contribution in [0.2, 0.25) is 0 Å². The second-order valence-corrected chi connectivity index (χ2v) is 7.72. The van der Waals surface area contributed by atoms with Crippen molar-refractivity contribution in [1.29, 1.82) is 0 Å². The smallest absolute Gasteiger partial charge is 0.269 e. The van der Waals surface area contributed by atoms with Gasteiger partial charge in [-0.15, -0.1) is 0 Å². The Balaban J connectivity index is 1.62. The molecule has 29 heavy (non-hydrogen) atoms. The number of hydrogen-bond acceptors (Lipinski definition) is 5. The van der Waals surface area contributed by atoms with E-state index in [1.807, 2.05) is 30.3 Å². The van der Waals surface area contributed by atoms with Gasteiger partial charge in [-0.2, -0.15) is 0 Å². The van der Waals surface area contributed by atoms with Crippen LogP contribution in [-0.4, -0.2) is 48.2 Å². The Morgan fingerprint density at radius 1 is 1.14 bits per heavy atom. The van der Waals surface area contributed by atoms with E-state index >= 15 is 0 Å². The number of ether oxygens (including phenoxy) is 1. The van der Waals surface area contributed by atoms with Gasteiger partial charge in [0.1, 0.15) is 11.8 Å². The number of aliphatic hydroxyl groups excluding tert-OH is 1. The average Bonchev–Trinajstić information content (AvgIpc) is 3.18. The van der Waals surface area contributed by atoms with E-state index in [4.69, 9.17) is 4.74 Å². The lowest BCUT2D eigenvalue weighted by Gasteiger charge is -2.17. The van der Waals surface area contributed by atoms with E-state index in [9.17, 15) is 14.7 Å². The molecule has 4 rings (SSSR count). The third-order valence-electron chi connectivity index (χ3n) is 5.89. The summed E-state index contributed by atoms with van der Waals surface area (Å²) in [6.45, 7) is 0. The molecule has 2 aromatic rings. The molecule has 0 aliphatic heterocycles. The normalized spacial score (nSPS) is 25.8. The Bertz CT molecular complexity index is 906. The van der Waals surface area contributed by atoms with Gasteiger partial charge in [0.25, 0.3) is 11.8 Å². The summed E-state index contributed by atoms with van der Waals surface area (Å²) >= 11 is 0. The van der Waals surface area contributed by atoms with Crippen LogP contribution < -0.4 is 10.6 Å². The maximum atomic E-state index is 12.9. The highest BCUT2D eigenvalue weighted by molar-refractivity contribution is 5.99. The molecule has 1 unspecified atom stereocenters. The van der Waals surface area contributed by atoms with Crippen molar-refractivity contribution >= 4 is 11.8 Å². The lowest BCUT2D eigenvalue weighted by molar-refractivity contribution is 0.0935. The molecule has 2 aliphatic rings. The monoisotopic (exact) mass is 395 g/mol. The van der Waals surface area contributed by atoms with Crippen LogP contribution in [0.15, 0.2) is 42.5 Å². The first-order valence-corrected chi connectivity index (χ1v) is 9.82. The Morgan fingerprint density at radius 3 is 2.45 bits per heavy atom. The fraction of sp³-hybridized carbons (Fsp3) is 0.409. The number of amides is 2. The van der Waals surface area contributed by atoms with Crippen LogP contribution >= 0.6 is 0 Å². The SMILES string of the molecule is CNC(=O)c1cc(C(=O)N[C@H]2[C@@H]3C[C@H](O)C[C@@H]32)cc(C(OC)c2ccccc2)n1. The molecule has 1 aromatic heterocycles. The molecular weight excluding hydrogens is 370 g/mol. The molecule has 1 heterocycles. The third-order valence-corrected chi connectivity index (χ3v) is 5.89. The van der Waals surface area contributed by atoms with Crippen molar-refractivity contribution in [2.45, 2.75) is 31.1 Å². The molecule has 7 nitrogen and oxygen atoms in total. The van der Waals surface area contributed by atoms with Crippen molar-refractivity contribution in [3.8, 4) is 0 Å². The fourth-order valence-corrected chi connectivity index (χ4v) is 4.38. The van der Waals surface area contributed by atoms with Gasteiger partial charge >= 0.3 is 0 Å². The minimum absolute atomic E-state index is 0.0957. The van der Waals surface area contributed by atoms with Crippen LogP contribution in [0, 0.1) is 11.8 Å². The number of methoxy groups -OCH3 is 1. The number of aliphatic hydroxyl groups is 1. The van der Waals surface area contributed by atoms with Gasteiger partial charge in [-0.3, -0.25) is 9.59 Å². The summed E-state index contributed by atoms with van der Waals surface area (Å²) in [5, 5.41) is 15.3. The molecule has 2 amide bonds. The van der Waals surface area contributed by atoms with Crippen LogP contribution in [0.1, 0.15) is 51.0 Å². The summed E-state index contributed by atoms with van der Waals surface area (Å²) in [6.07, 6.45) is 0.725. The van der Waals surface area contributed by atoms with E-state index in [1.165, 1.54) is 13.1 Å². The highest BCUT2D eigenvalue weighted by atomic mass is 16.5. The highest BCUT2D eigenvalue weighted by Crippen LogP contribution is 2.52. The molecule has 0 spiro atoms. The first-order chi connectivity index (χ1) is 14.0.